The highest BCUT2D eigenvalue weighted by Crippen LogP contribution is 1.73. The van der Waals surface area contributed by atoms with Gasteiger partial charge in [0.05, 0.1) is 0 Å². The van der Waals surface area contributed by atoms with Gasteiger partial charge in [-0.1, -0.05) is 15.9 Å². The molecule has 0 aliphatic rings. The van der Waals surface area contributed by atoms with Gasteiger partial charge in [-0.15, -0.1) is 0 Å². The molecule has 0 bridgehead atoms. The lowest BCUT2D eigenvalue weighted by Gasteiger charge is -1.80. The second-order valence-corrected chi connectivity index (χ2v) is 1.63. The molecule has 0 aliphatic heterocycles. The van der Waals surface area contributed by atoms with Crippen LogP contribution < -0.4 is 4.84 Å². The molecule has 0 spiro atoms. The van der Waals surface area contributed by atoms with E-state index < -0.39 is 0 Å². The van der Waals surface area contributed by atoms with E-state index in [1.807, 2.05) is 0 Å². The van der Waals surface area contributed by atoms with Crippen LogP contribution in [0.25, 0.3) is 0 Å². The number of alkyl halides is 1. The minimum atomic E-state index is 0.821. The third kappa shape index (κ3) is 4.73. The van der Waals surface area contributed by atoms with E-state index in [1.54, 1.807) is 0 Å². The molecule has 0 rings (SSSR count). The molecule has 0 radical (unpaired) electrons. The lowest BCUT2D eigenvalue weighted by Crippen LogP contribution is -1.99. The molecule has 0 aromatic carbocycles. The van der Waals surface area contributed by atoms with Gasteiger partial charge in [-0.05, 0) is 11.8 Å². The van der Waals surface area contributed by atoms with Crippen molar-refractivity contribution in [2.75, 3.05) is 11.9 Å². The Bertz CT molecular complexity index is 17.1. The Labute approximate surface area is 44.9 Å². The monoisotopic (exact) mass is 157 g/mol. The van der Waals surface area contributed by atoms with Crippen molar-refractivity contribution in [1.82, 2.24) is 4.84 Å². The smallest absolute Gasteiger partial charge is 0.0205 e. The van der Waals surface area contributed by atoms with Crippen molar-refractivity contribution >= 4 is 27.7 Å². The fourth-order valence-electron chi connectivity index (χ4n) is 0.0357. The van der Waals surface area contributed by atoms with Gasteiger partial charge in [-0.2, -0.15) is 0 Å². The molecule has 0 atom stereocenters. The molecule has 0 aromatic rings. The number of nitrogens with one attached hydrogen (secondary N) is 1. The standard InChI is InChI=1S/C2H5BrClN/c3-1-2-5-4/h5H,1-2H2. The van der Waals surface area contributed by atoms with Gasteiger partial charge < -0.3 is 0 Å². The van der Waals surface area contributed by atoms with Gasteiger partial charge >= 0.3 is 0 Å². The molecule has 0 aliphatic carbocycles. The van der Waals surface area contributed by atoms with Gasteiger partial charge in [0.25, 0.3) is 0 Å². The molecule has 0 saturated heterocycles. The van der Waals surface area contributed by atoms with Crippen LogP contribution in [0.1, 0.15) is 0 Å². The fourth-order valence-corrected chi connectivity index (χ4v) is 0.557. The largest absolute Gasteiger partial charge is 0.233 e. The Morgan fingerprint density at radius 1 is 1.80 bits per heavy atom. The zero-order valence-electron chi connectivity index (χ0n) is 2.67. The van der Waals surface area contributed by atoms with Crippen molar-refractivity contribution in [3.8, 4) is 0 Å². The Hall–Kier alpha value is 0.730. The first-order valence-corrected chi connectivity index (χ1v) is 2.81. The van der Waals surface area contributed by atoms with Crippen molar-refractivity contribution in [3.05, 3.63) is 0 Å². The van der Waals surface area contributed by atoms with Crippen LogP contribution in [0.3, 0.4) is 0 Å². The molecule has 0 amide bonds. The summed E-state index contributed by atoms with van der Waals surface area (Å²) in [4.78, 5) is 2.44. The maximum atomic E-state index is 5.02. The van der Waals surface area contributed by atoms with Gasteiger partial charge in [0.1, 0.15) is 0 Å². The first-order valence-electron chi connectivity index (χ1n) is 1.31. The van der Waals surface area contributed by atoms with Crippen molar-refractivity contribution in [1.29, 1.82) is 0 Å². The van der Waals surface area contributed by atoms with Crippen LogP contribution in [0.5, 0.6) is 0 Å². The van der Waals surface area contributed by atoms with Gasteiger partial charge in [-0.25, -0.2) is 4.84 Å². The number of hydrogen-bond acceptors (Lipinski definition) is 1. The predicted molar refractivity (Wildman–Crippen MR) is 27.6 cm³/mol. The maximum Gasteiger partial charge on any atom is 0.0205 e. The van der Waals surface area contributed by atoms with E-state index in [4.69, 9.17) is 11.8 Å². The van der Waals surface area contributed by atoms with E-state index in [0.717, 1.165) is 11.9 Å². The topological polar surface area (TPSA) is 12.0 Å². The van der Waals surface area contributed by atoms with Gasteiger partial charge in [0.15, 0.2) is 0 Å². The lowest BCUT2D eigenvalue weighted by atomic mass is 10.8. The zero-order chi connectivity index (χ0) is 4.12. The third-order valence-electron chi connectivity index (χ3n) is 0.189. The molecule has 1 N–H and O–H groups in total. The minimum absolute atomic E-state index is 0.821. The normalized spacial score (nSPS) is 8.40. The van der Waals surface area contributed by atoms with Gasteiger partial charge in [0.2, 0.25) is 0 Å². The second kappa shape index (κ2) is 4.73. The summed E-state index contributed by atoms with van der Waals surface area (Å²) in [5.74, 6) is 0. The quantitative estimate of drug-likeness (QED) is 0.469. The van der Waals surface area contributed by atoms with Crippen LogP contribution in [0.15, 0.2) is 0 Å². The average Bonchev–Trinajstić information content (AvgIpc) is 1.41. The van der Waals surface area contributed by atoms with Crippen molar-refractivity contribution in [3.63, 3.8) is 0 Å². The second-order valence-electron chi connectivity index (χ2n) is 0.573. The molecule has 5 heavy (non-hydrogen) atoms. The molecule has 0 saturated carbocycles. The summed E-state index contributed by atoms with van der Waals surface area (Å²) in [5.41, 5.74) is 0. The highest BCUT2D eigenvalue weighted by Gasteiger charge is 1.68. The van der Waals surface area contributed by atoms with E-state index in [-0.39, 0.29) is 0 Å². The number of hydrogen-bond donors (Lipinski definition) is 1. The molecular formula is C2H5BrClN. The van der Waals surface area contributed by atoms with Crippen LogP contribution >= 0.6 is 27.7 Å². The fraction of sp³-hybridized carbons (Fsp3) is 1.00. The van der Waals surface area contributed by atoms with E-state index in [1.165, 1.54) is 0 Å². The summed E-state index contributed by atoms with van der Waals surface area (Å²) in [7, 11) is 0. The molecule has 0 aromatic heterocycles. The summed E-state index contributed by atoms with van der Waals surface area (Å²) in [6.07, 6.45) is 0. The summed E-state index contributed by atoms with van der Waals surface area (Å²) < 4.78 is 0. The number of rotatable bonds is 2. The minimum Gasteiger partial charge on any atom is -0.233 e. The van der Waals surface area contributed by atoms with Crippen molar-refractivity contribution < 1.29 is 0 Å². The van der Waals surface area contributed by atoms with Crippen molar-refractivity contribution in [2.45, 2.75) is 0 Å². The first-order chi connectivity index (χ1) is 2.41. The zero-order valence-corrected chi connectivity index (χ0v) is 5.01. The Balaban J connectivity index is 2.19. The summed E-state index contributed by atoms with van der Waals surface area (Å²) >= 11 is 8.18. The predicted octanol–water partition coefficient (Wildman–Crippen LogP) is 1.12. The lowest BCUT2D eigenvalue weighted by molar-refractivity contribution is 1.04. The maximum absolute atomic E-state index is 5.02. The molecule has 0 unspecified atom stereocenters. The highest BCUT2D eigenvalue weighted by molar-refractivity contribution is 9.09. The summed E-state index contributed by atoms with van der Waals surface area (Å²) in [5, 5.41) is 0.913. The van der Waals surface area contributed by atoms with Crippen molar-refractivity contribution in [2.24, 2.45) is 0 Å². The molecule has 1 nitrogen and oxygen atoms in total. The van der Waals surface area contributed by atoms with Gasteiger partial charge in [0, 0.05) is 11.9 Å². The Morgan fingerprint density at radius 3 is 2.40 bits per heavy atom. The summed E-state index contributed by atoms with van der Waals surface area (Å²) in [6, 6.07) is 0. The molecular weight excluding hydrogens is 153 g/mol. The van der Waals surface area contributed by atoms with Crippen LogP contribution in [-0.2, 0) is 0 Å². The summed E-state index contributed by atoms with van der Waals surface area (Å²) in [6.45, 7) is 0.821. The molecule has 0 heterocycles. The van der Waals surface area contributed by atoms with Crippen LogP contribution in [-0.4, -0.2) is 11.9 Å². The SMILES string of the molecule is ClNCCBr. The van der Waals surface area contributed by atoms with Gasteiger partial charge in [-0.3, -0.25) is 0 Å². The van der Waals surface area contributed by atoms with E-state index in [9.17, 15) is 0 Å². The molecule has 0 fully saturated rings. The molecule has 32 valence electrons. The van der Waals surface area contributed by atoms with Crippen LogP contribution in [0.4, 0.5) is 0 Å². The highest BCUT2D eigenvalue weighted by atomic mass is 79.9. The first kappa shape index (κ1) is 5.73. The average molecular weight is 158 g/mol. The Morgan fingerprint density at radius 2 is 2.40 bits per heavy atom. The van der Waals surface area contributed by atoms with Crippen LogP contribution in [0.2, 0.25) is 0 Å². The van der Waals surface area contributed by atoms with E-state index >= 15 is 0 Å². The number of halogens is 2. The Kier molecular flexibility index (Phi) is 5.42. The third-order valence-corrected chi connectivity index (χ3v) is 0.774. The van der Waals surface area contributed by atoms with E-state index in [2.05, 4.69) is 20.8 Å². The van der Waals surface area contributed by atoms with Crippen LogP contribution in [0, 0.1) is 0 Å². The van der Waals surface area contributed by atoms with E-state index in [0.29, 0.717) is 0 Å². The molecule has 3 heteroatoms.